The number of thiocarbonyl (C=S) groups is 1. The normalized spacial score (nSPS) is 11.5. The molecule has 108 valence electrons. The molecule has 2 N–H and O–H groups in total. The van der Waals surface area contributed by atoms with Crippen LogP contribution in [0.1, 0.15) is 28.9 Å². The first kappa shape index (κ1) is 15.9. The Morgan fingerprint density at radius 3 is 2.38 bits per heavy atom. The summed E-state index contributed by atoms with van der Waals surface area (Å²) in [4.78, 5) is 12.2. The molecule has 2 aromatic carbocycles. The van der Waals surface area contributed by atoms with Crippen LogP contribution in [0.4, 0.5) is 0 Å². The van der Waals surface area contributed by atoms with Crippen molar-refractivity contribution in [3.8, 4) is 0 Å². The van der Waals surface area contributed by atoms with Crippen molar-refractivity contribution in [1.82, 2.24) is 10.6 Å². The van der Waals surface area contributed by atoms with Crippen molar-refractivity contribution in [1.29, 1.82) is 0 Å². The molecule has 5 heteroatoms. The third-order valence-corrected chi connectivity index (χ3v) is 4.15. The molecule has 0 fully saturated rings. The highest BCUT2D eigenvalue weighted by molar-refractivity contribution is 14.1. The standard InChI is InChI=1S/C16H15IN2OS/c1-11(12-7-3-2-4-8-12)18-16(21)19-15(20)13-9-5-6-10-14(13)17/h2-11H,1H3,(H2,18,19,20,21)/t11-/m0/s1. The molecule has 1 amide bonds. The molecule has 0 aliphatic heterocycles. The summed E-state index contributed by atoms with van der Waals surface area (Å²) in [6.45, 7) is 2.00. The van der Waals surface area contributed by atoms with Crippen molar-refractivity contribution in [3.05, 3.63) is 69.3 Å². The van der Waals surface area contributed by atoms with Crippen molar-refractivity contribution < 1.29 is 4.79 Å². The highest BCUT2D eigenvalue weighted by Crippen LogP contribution is 2.12. The van der Waals surface area contributed by atoms with Gasteiger partial charge in [-0.25, -0.2) is 0 Å². The maximum atomic E-state index is 12.2. The van der Waals surface area contributed by atoms with Gasteiger partial charge in [-0.2, -0.15) is 0 Å². The Kier molecular flexibility index (Phi) is 5.69. The maximum absolute atomic E-state index is 12.2. The van der Waals surface area contributed by atoms with Crippen LogP contribution >= 0.6 is 34.8 Å². The highest BCUT2D eigenvalue weighted by atomic mass is 127. The molecule has 1 atom stereocenters. The van der Waals surface area contributed by atoms with Crippen LogP contribution in [0.25, 0.3) is 0 Å². The smallest absolute Gasteiger partial charge is 0.258 e. The molecule has 2 aromatic rings. The number of rotatable bonds is 3. The molecule has 3 nitrogen and oxygen atoms in total. The number of benzene rings is 2. The summed E-state index contributed by atoms with van der Waals surface area (Å²) in [7, 11) is 0. The molecule has 0 unspecified atom stereocenters. The maximum Gasteiger partial charge on any atom is 0.258 e. The Hall–Kier alpha value is -1.47. The van der Waals surface area contributed by atoms with E-state index in [4.69, 9.17) is 12.2 Å². The van der Waals surface area contributed by atoms with Gasteiger partial charge in [-0.05, 0) is 59.4 Å². The predicted molar refractivity (Wildman–Crippen MR) is 97.2 cm³/mol. The van der Waals surface area contributed by atoms with Crippen molar-refractivity contribution in [3.63, 3.8) is 0 Å². The van der Waals surface area contributed by atoms with Crippen LogP contribution in [0.3, 0.4) is 0 Å². The van der Waals surface area contributed by atoms with E-state index in [0.29, 0.717) is 10.7 Å². The van der Waals surface area contributed by atoms with Crippen molar-refractivity contribution >= 4 is 45.8 Å². The number of amides is 1. The molecular weight excluding hydrogens is 395 g/mol. The first-order valence-corrected chi connectivity index (χ1v) is 7.98. The third kappa shape index (κ3) is 4.50. The molecule has 0 radical (unpaired) electrons. The van der Waals surface area contributed by atoms with Gasteiger partial charge >= 0.3 is 0 Å². The van der Waals surface area contributed by atoms with Gasteiger partial charge in [0.05, 0.1) is 11.6 Å². The molecule has 0 spiro atoms. The first-order chi connectivity index (χ1) is 10.1. The fraction of sp³-hybridized carbons (Fsp3) is 0.125. The Labute approximate surface area is 143 Å². The molecule has 0 saturated heterocycles. The van der Waals surface area contributed by atoms with E-state index >= 15 is 0 Å². The molecule has 0 saturated carbocycles. The molecule has 0 aliphatic carbocycles. The minimum absolute atomic E-state index is 0.0360. The number of carbonyl (C=O) groups excluding carboxylic acids is 1. The van der Waals surface area contributed by atoms with Crippen molar-refractivity contribution in [2.24, 2.45) is 0 Å². The van der Waals surface area contributed by atoms with E-state index in [9.17, 15) is 4.79 Å². The minimum atomic E-state index is -0.197. The summed E-state index contributed by atoms with van der Waals surface area (Å²) in [6, 6.07) is 17.4. The number of carbonyl (C=O) groups is 1. The summed E-state index contributed by atoms with van der Waals surface area (Å²) in [5.74, 6) is -0.197. The second kappa shape index (κ2) is 7.51. The lowest BCUT2D eigenvalue weighted by Crippen LogP contribution is -2.40. The third-order valence-electron chi connectivity index (χ3n) is 2.99. The van der Waals surface area contributed by atoms with Gasteiger partial charge in [0, 0.05) is 3.57 Å². The van der Waals surface area contributed by atoms with Gasteiger partial charge in [-0.1, -0.05) is 42.5 Å². The van der Waals surface area contributed by atoms with Crippen LogP contribution in [0.2, 0.25) is 0 Å². The Morgan fingerprint density at radius 1 is 1.10 bits per heavy atom. The summed E-state index contributed by atoms with van der Waals surface area (Å²) in [5.41, 5.74) is 1.73. The van der Waals surface area contributed by atoms with E-state index in [1.54, 1.807) is 6.07 Å². The van der Waals surface area contributed by atoms with Crippen molar-refractivity contribution in [2.45, 2.75) is 13.0 Å². The van der Waals surface area contributed by atoms with E-state index in [0.717, 1.165) is 9.13 Å². The van der Waals surface area contributed by atoms with Gasteiger partial charge in [-0.15, -0.1) is 0 Å². The number of nitrogens with one attached hydrogen (secondary N) is 2. The van der Waals surface area contributed by atoms with Crippen LogP contribution in [-0.2, 0) is 0 Å². The largest absolute Gasteiger partial charge is 0.356 e. The van der Waals surface area contributed by atoms with Crippen LogP contribution in [0.15, 0.2) is 54.6 Å². The molecule has 2 rings (SSSR count). The average molecular weight is 410 g/mol. The van der Waals surface area contributed by atoms with Crippen LogP contribution in [0.5, 0.6) is 0 Å². The second-order valence-corrected chi connectivity index (χ2v) is 6.11. The first-order valence-electron chi connectivity index (χ1n) is 6.49. The number of hydrogen-bond donors (Lipinski definition) is 2. The van der Waals surface area contributed by atoms with E-state index in [1.807, 2.05) is 55.5 Å². The van der Waals surface area contributed by atoms with Crippen LogP contribution in [-0.4, -0.2) is 11.0 Å². The lowest BCUT2D eigenvalue weighted by atomic mass is 10.1. The van der Waals surface area contributed by atoms with E-state index < -0.39 is 0 Å². The average Bonchev–Trinajstić information content (AvgIpc) is 2.48. The summed E-state index contributed by atoms with van der Waals surface area (Å²) >= 11 is 7.34. The van der Waals surface area contributed by atoms with Gasteiger partial charge in [0.25, 0.3) is 5.91 Å². The quantitative estimate of drug-likeness (QED) is 0.600. The van der Waals surface area contributed by atoms with Gasteiger partial charge in [0.1, 0.15) is 0 Å². The topological polar surface area (TPSA) is 41.1 Å². The molecule has 0 aromatic heterocycles. The fourth-order valence-electron chi connectivity index (χ4n) is 1.87. The van der Waals surface area contributed by atoms with Gasteiger partial charge in [0.15, 0.2) is 5.11 Å². The van der Waals surface area contributed by atoms with Gasteiger partial charge in [-0.3, -0.25) is 10.1 Å². The Morgan fingerprint density at radius 2 is 1.71 bits per heavy atom. The van der Waals surface area contributed by atoms with Gasteiger partial charge in [0.2, 0.25) is 0 Å². The summed E-state index contributed by atoms with van der Waals surface area (Å²) in [5, 5.41) is 6.16. The summed E-state index contributed by atoms with van der Waals surface area (Å²) < 4.78 is 0.895. The fourth-order valence-corrected chi connectivity index (χ4v) is 2.78. The Bertz CT molecular complexity index is 646. The van der Waals surface area contributed by atoms with Gasteiger partial charge < -0.3 is 5.32 Å². The van der Waals surface area contributed by atoms with E-state index in [-0.39, 0.29) is 11.9 Å². The van der Waals surface area contributed by atoms with E-state index in [2.05, 4.69) is 33.2 Å². The van der Waals surface area contributed by atoms with Crippen molar-refractivity contribution in [2.75, 3.05) is 0 Å². The minimum Gasteiger partial charge on any atom is -0.356 e. The number of hydrogen-bond acceptors (Lipinski definition) is 2. The predicted octanol–water partition coefficient (Wildman–Crippen LogP) is 3.66. The number of halogens is 1. The highest BCUT2D eigenvalue weighted by Gasteiger charge is 2.12. The second-order valence-electron chi connectivity index (χ2n) is 4.54. The molecule has 0 aliphatic rings. The summed E-state index contributed by atoms with van der Waals surface area (Å²) in [6.07, 6.45) is 0. The monoisotopic (exact) mass is 410 g/mol. The molecule has 0 bridgehead atoms. The van der Waals surface area contributed by atoms with Crippen LogP contribution < -0.4 is 10.6 Å². The lowest BCUT2D eigenvalue weighted by Gasteiger charge is -2.17. The zero-order chi connectivity index (χ0) is 15.2. The van der Waals surface area contributed by atoms with Crippen LogP contribution in [0, 0.1) is 3.57 Å². The molecular formula is C16H15IN2OS. The molecule has 0 heterocycles. The van der Waals surface area contributed by atoms with E-state index in [1.165, 1.54) is 0 Å². The zero-order valence-electron chi connectivity index (χ0n) is 11.5. The SMILES string of the molecule is C[C@H](NC(=S)NC(=O)c1ccccc1I)c1ccccc1. The molecule has 21 heavy (non-hydrogen) atoms. The lowest BCUT2D eigenvalue weighted by molar-refractivity contribution is 0.0975. The zero-order valence-corrected chi connectivity index (χ0v) is 14.4. The Balaban J connectivity index is 1.96.